The lowest BCUT2D eigenvalue weighted by atomic mass is 10.2. The monoisotopic (exact) mass is 502 g/mol. The number of nitrogens with zero attached hydrogens (tertiary/aromatic N) is 1. The molecular weight excluding hydrogens is 480 g/mol. The molecule has 176 valence electrons. The van der Waals surface area contributed by atoms with Gasteiger partial charge in [0.2, 0.25) is 0 Å². The molecule has 3 aromatic heterocycles. The molecule has 2 aromatic carbocycles. The molecule has 0 aliphatic heterocycles. The number of carbonyl (C=O) groups is 2. The molecule has 0 fully saturated rings. The molecule has 5 rings (SSSR count). The molecule has 7 nitrogen and oxygen atoms in total. The Hall–Kier alpha value is -3.95. The summed E-state index contributed by atoms with van der Waals surface area (Å²) in [5.41, 5.74) is 2.61. The number of furan rings is 1. The number of nitrogens with one attached hydrogen (secondary N) is 3. The maximum Gasteiger partial charge on any atom is 0.315 e. The minimum atomic E-state index is -0.361. The number of carbonyl (C=O) groups excluding carboxylic acids is 2. The first-order chi connectivity index (χ1) is 17.0. The molecule has 0 spiro atoms. The van der Waals surface area contributed by atoms with Crippen LogP contribution in [0.1, 0.15) is 34.2 Å². The minimum Gasteiger partial charge on any atom is -0.454 e. The highest BCUT2D eigenvalue weighted by molar-refractivity contribution is 7.21. The zero-order valence-corrected chi connectivity index (χ0v) is 20.4. The number of anilines is 1. The van der Waals surface area contributed by atoms with Crippen LogP contribution in [0, 0.1) is 0 Å². The first kappa shape index (κ1) is 22.8. The van der Waals surface area contributed by atoms with E-state index in [0.29, 0.717) is 11.4 Å². The van der Waals surface area contributed by atoms with E-state index < -0.39 is 0 Å². The molecular formula is C26H22N4O3S2. The van der Waals surface area contributed by atoms with E-state index in [0.717, 1.165) is 25.7 Å². The first-order valence-corrected chi connectivity index (χ1v) is 12.7. The third-order valence-corrected chi connectivity index (χ3v) is 7.45. The summed E-state index contributed by atoms with van der Waals surface area (Å²) in [4.78, 5) is 30.5. The fourth-order valence-electron chi connectivity index (χ4n) is 3.50. The van der Waals surface area contributed by atoms with Gasteiger partial charge in [0, 0.05) is 16.1 Å². The van der Waals surface area contributed by atoms with Crippen LogP contribution in [0.4, 0.5) is 10.5 Å². The maximum atomic E-state index is 12.6. The van der Waals surface area contributed by atoms with Crippen LogP contribution < -0.4 is 16.0 Å². The van der Waals surface area contributed by atoms with Crippen molar-refractivity contribution >= 4 is 50.5 Å². The predicted octanol–water partition coefficient (Wildman–Crippen LogP) is 6.43. The van der Waals surface area contributed by atoms with Gasteiger partial charge in [0.1, 0.15) is 10.8 Å². The standard InChI is InChI=1S/C26H22N4O3S2/c1-16(22-7-4-14-34-22)28-26(32)27-15-19-12-13-21(33-19)24(31)29-18-10-8-17(9-11-18)25-30-20-5-2-3-6-23(20)35-25/h2-14,16H,15H2,1H3,(H,29,31)(H2,27,28,32). The van der Waals surface area contributed by atoms with Gasteiger partial charge in [0.25, 0.3) is 5.91 Å². The van der Waals surface area contributed by atoms with Crippen molar-refractivity contribution in [2.24, 2.45) is 0 Å². The molecule has 3 heterocycles. The van der Waals surface area contributed by atoms with Gasteiger partial charge in [0.15, 0.2) is 5.76 Å². The third kappa shape index (κ3) is 5.42. The van der Waals surface area contributed by atoms with E-state index in [1.807, 2.05) is 66.9 Å². The molecule has 0 saturated heterocycles. The molecule has 1 atom stereocenters. The fourth-order valence-corrected chi connectivity index (χ4v) is 5.21. The number of thiazole rings is 1. The second-order valence-corrected chi connectivity index (χ2v) is 9.86. The van der Waals surface area contributed by atoms with Gasteiger partial charge in [-0.3, -0.25) is 4.79 Å². The minimum absolute atomic E-state index is 0.0889. The number of rotatable bonds is 7. The molecule has 0 aliphatic carbocycles. The molecule has 0 saturated carbocycles. The van der Waals surface area contributed by atoms with Gasteiger partial charge in [-0.15, -0.1) is 22.7 Å². The molecule has 0 radical (unpaired) electrons. The van der Waals surface area contributed by atoms with Crippen LogP contribution in [0.2, 0.25) is 0 Å². The van der Waals surface area contributed by atoms with Crippen molar-refractivity contribution in [3.63, 3.8) is 0 Å². The Labute approximate surface area is 209 Å². The average Bonchev–Trinajstić information content (AvgIpc) is 3.64. The van der Waals surface area contributed by atoms with Crippen molar-refractivity contribution in [2.45, 2.75) is 19.5 Å². The lowest BCUT2D eigenvalue weighted by molar-refractivity contribution is 0.0995. The Balaban J connectivity index is 1.15. The van der Waals surface area contributed by atoms with E-state index in [4.69, 9.17) is 4.42 Å². The summed E-state index contributed by atoms with van der Waals surface area (Å²) in [5, 5.41) is 11.4. The van der Waals surface area contributed by atoms with Crippen molar-refractivity contribution < 1.29 is 14.0 Å². The van der Waals surface area contributed by atoms with Crippen LogP contribution in [-0.2, 0) is 6.54 Å². The van der Waals surface area contributed by atoms with Gasteiger partial charge >= 0.3 is 6.03 Å². The van der Waals surface area contributed by atoms with Gasteiger partial charge in [-0.25, -0.2) is 9.78 Å². The number of benzene rings is 2. The van der Waals surface area contributed by atoms with Crippen LogP contribution >= 0.6 is 22.7 Å². The molecule has 1 unspecified atom stereocenters. The van der Waals surface area contributed by atoms with Crippen LogP contribution in [-0.4, -0.2) is 16.9 Å². The van der Waals surface area contributed by atoms with E-state index in [1.165, 1.54) is 0 Å². The van der Waals surface area contributed by atoms with E-state index in [1.54, 1.807) is 34.8 Å². The summed E-state index contributed by atoms with van der Waals surface area (Å²) in [6, 6.07) is 22.4. The Morgan fingerprint density at radius 2 is 1.83 bits per heavy atom. The van der Waals surface area contributed by atoms with E-state index >= 15 is 0 Å². The highest BCUT2D eigenvalue weighted by Crippen LogP contribution is 2.30. The van der Waals surface area contributed by atoms with Crippen molar-refractivity contribution in [3.8, 4) is 10.6 Å². The Morgan fingerprint density at radius 3 is 2.60 bits per heavy atom. The van der Waals surface area contributed by atoms with E-state index in [9.17, 15) is 9.59 Å². The number of urea groups is 1. The number of fused-ring (bicyclic) bond motifs is 1. The van der Waals surface area contributed by atoms with Gasteiger partial charge in [-0.2, -0.15) is 0 Å². The van der Waals surface area contributed by atoms with Crippen LogP contribution in [0.25, 0.3) is 20.8 Å². The second kappa shape index (κ2) is 10.1. The zero-order valence-electron chi connectivity index (χ0n) is 18.8. The number of hydrogen-bond donors (Lipinski definition) is 3. The number of hydrogen-bond acceptors (Lipinski definition) is 6. The summed E-state index contributed by atoms with van der Waals surface area (Å²) < 4.78 is 6.75. The Morgan fingerprint density at radius 1 is 1.00 bits per heavy atom. The molecule has 0 bridgehead atoms. The summed E-state index contributed by atoms with van der Waals surface area (Å²) >= 11 is 3.22. The van der Waals surface area contributed by atoms with Gasteiger partial charge in [-0.1, -0.05) is 18.2 Å². The van der Waals surface area contributed by atoms with Crippen molar-refractivity contribution in [2.75, 3.05) is 5.32 Å². The maximum absolute atomic E-state index is 12.6. The molecule has 3 amide bonds. The van der Waals surface area contributed by atoms with Crippen LogP contribution in [0.15, 0.2) is 82.6 Å². The topological polar surface area (TPSA) is 96.3 Å². The molecule has 5 aromatic rings. The molecule has 35 heavy (non-hydrogen) atoms. The normalized spacial score (nSPS) is 11.8. The SMILES string of the molecule is CC(NC(=O)NCc1ccc(C(=O)Nc2ccc(-c3nc4ccccc4s3)cc2)o1)c1cccs1. The summed E-state index contributed by atoms with van der Waals surface area (Å²) in [6.07, 6.45) is 0. The predicted molar refractivity (Wildman–Crippen MR) is 140 cm³/mol. The summed E-state index contributed by atoms with van der Waals surface area (Å²) in [7, 11) is 0. The lowest BCUT2D eigenvalue weighted by Gasteiger charge is -2.12. The van der Waals surface area contributed by atoms with Gasteiger partial charge < -0.3 is 20.4 Å². The smallest absolute Gasteiger partial charge is 0.315 e. The fraction of sp³-hybridized carbons (Fsp3) is 0.115. The molecule has 0 aliphatic rings. The first-order valence-electron chi connectivity index (χ1n) is 11.0. The van der Waals surface area contributed by atoms with Gasteiger partial charge in [-0.05, 0) is 66.9 Å². The third-order valence-electron chi connectivity index (χ3n) is 5.31. The summed E-state index contributed by atoms with van der Waals surface area (Å²) in [6.45, 7) is 2.10. The van der Waals surface area contributed by atoms with Crippen LogP contribution in [0.5, 0.6) is 0 Å². The Bertz CT molecular complexity index is 1420. The van der Waals surface area contributed by atoms with E-state index in [-0.39, 0.29) is 30.3 Å². The molecule has 9 heteroatoms. The second-order valence-electron chi connectivity index (χ2n) is 7.85. The number of aromatic nitrogens is 1. The number of para-hydroxylation sites is 1. The lowest BCUT2D eigenvalue weighted by Crippen LogP contribution is -2.36. The number of amides is 3. The van der Waals surface area contributed by atoms with Crippen molar-refractivity contribution in [1.29, 1.82) is 0 Å². The quantitative estimate of drug-likeness (QED) is 0.239. The Kier molecular flexibility index (Phi) is 6.60. The van der Waals surface area contributed by atoms with Crippen molar-refractivity contribution in [1.82, 2.24) is 15.6 Å². The highest BCUT2D eigenvalue weighted by Gasteiger charge is 2.14. The van der Waals surface area contributed by atoms with E-state index in [2.05, 4.69) is 27.0 Å². The van der Waals surface area contributed by atoms with Crippen LogP contribution in [0.3, 0.4) is 0 Å². The summed E-state index contributed by atoms with van der Waals surface area (Å²) in [5.74, 6) is 0.296. The van der Waals surface area contributed by atoms with Crippen molar-refractivity contribution in [3.05, 3.63) is 94.6 Å². The van der Waals surface area contributed by atoms with Gasteiger partial charge in [0.05, 0.1) is 22.8 Å². The molecule has 3 N–H and O–H groups in total. The highest BCUT2D eigenvalue weighted by atomic mass is 32.1. The largest absolute Gasteiger partial charge is 0.454 e. The number of thiophene rings is 1. The average molecular weight is 503 g/mol. The zero-order chi connectivity index (χ0) is 24.2.